The molecule has 1 aliphatic heterocycles. The van der Waals surface area contributed by atoms with E-state index in [0.29, 0.717) is 22.4 Å². The summed E-state index contributed by atoms with van der Waals surface area (Å²) in [6.45, 7) is 10.8. The Morgan fingerprint density at radius 3 is 2.62 bits per heavy atom. The van der Waals surface area contributed by atoms with Gasteiger partial charge in [-0.3, -0.25) is 4.79 Å². The SMILES string of the molecule is CCN1CCN(c2nccc(C(=O)Nc3c(C)cc(C)cc3Cl)n2)CC1. The topological polar surface area (TPSA) is 61.4 Å². The molecule has 0 saturated carbocycles. The van der Waals surface area contributed by atoms with Crippen molar-refractivity contribution in [2.45, 2.75) is 20.8 Å². The number of piperazine rings is 1. The third kappa shape index (κ3) is 4.14. The summed E-state index contributed by atoms with van der Waals surface area (Å²) in [6, 6.07) is 5.45. The number of rotatable bonds is 4. The maximum absolute atomic E-state index is 12.7. The van der Waals surface area contributed by atoms with Crippen LogP contribution in [0, 0.1) is 13.8 Å². The van der Waals surface area contributed by atoms with Crippen LogP contribution in [0.25, 0.3) is 0 Å². The summed E-state index contributed by atoms with van der Waals surface area (Å²) in [5.41, 5.74) is 2.94. The highest BCUT2D eigenvalue weighted by Gasteiger charge is 2.19. The van der Waals surface area contributed by atoms with Crippen molar-refractivity contribution < 1.29 is 4.79 Å². The van der Waals surface area contributed by atoms with Crippen molar-refractivity contribution >= 4 is 29.1 Å². The molecule has 3 rings (SSSR count). The van der Waals surface area contributed by atoms with E-state index in [4.69, 9.17) is 11.6 Å². The van der Waals surface area contributed by atoms with Crippen LogP contribution in [0.2, 0.25) is 5.02 Å². The van der Waals surface area contributed by atoms with Gasteiger partial charge in [-0.15, -0.1) is 0 Å². The van der Waals surface area contributed by atoms with Gasteiger partial charge in [0.1, 0.15) is 5.69 Å². The Bertz CT molecular complexity index is 779. The summed E-state index contributed by atoms with van der Waals surface area (Å²) < 4.78 is 0. The Morgan fingerprint density at radius 2 is 1.96 bits per heavy atom. The first kappa shape index (κ1) is 18.6. The van der Waals surface area contributed by atoms with Crippen molar-refractivity contribution in [2.24, 2.45) is 0 Å². The smallest absolute Gasteiger partial charge is 0.274 e. The quantitative estimate of drug-likeness (QED) is 0.892. The maximum Gasteiger partial charge on any atom is 0.274 e. The van der Waals surface area contributed by atoms with Crippen LogP contribution in [-0.2, 0) is 0 Å². The highest BCUT2D eigenvalue weighted by Crippen LogP contribution is 2.27. The number of anilines is 2. The number of halogens is 1. The molecule has 0 aliphatic carbocycles. The van der Waals surface area contributed by atoms with Crippen molar-refractivity contribution in [3.8, 4) is 0 Å². The molecule has 1 fully saturated rings. The third-order valence-electron chi connectivity index (χ3n) is 4.65. The molecule has 1 aromatic carbocycles. The third-order valence-corrected chi connectivity index (χ3v) is 4.95. The van der Waals surface area contributed by atoms with Crippen molar-refractivity contribution in [3.63, 3.8) is 0 Å². The number of benzene rings is 1. The lowest BCUT2D eigenvalue weighted by Gasteiger charge is -2.34. The lowest BCUT2D eigenvalue weighted by Crippen LogP contribution is -2.46. The fraction of sp³-hybridized carbons (Fsp3) is 0.421. The second-order valence-electron chi connectivity index (χ2n) is 6.56. The van der Waals surface area contributed by atoms with E-state index in [9.17, 15) is 4.79 Å². The zero-order valence-electron chi connectivity index (χ0n) is 15.4. The minimum absolute atomic E-state index is 0.283. The van der Waals surface area contributed by atoms with Gasteiger partial charge in [-0.25, -0.2) is 9.97 Å². The molecule has 1 aliphatic rings. The van der Waals surface area contributed by atoms with Crippen LogP contribution in [0.1, 0.15) is 28.5 Å². The molecule has 138 valence electrons. The number of carbonyl (C=O) groups is 1. The van der Waals surface area contributed by atoms with Crippen LogP contribution in [0.4, 0.5) is 11.6 Å². The molecule has 26 heavy (non-hydrogen) atoms. The average Bonchev–Trinajstić information content (AvgIpc) is 2.64. The van der Waals surface area contributed by atoms with Gasteiger partial charge in [-0.2, -0.15) is 0 Å². The van der Waals surface area contributed by atoms with Gasteiger partial charge in [-0.05, 0) is 43.7 Å². The second-order valence-corrected chi connectivity index (χ2v) is 6.96. The molecule has 7 heteroatoms. The molecule has 1 amide bonds. The Morgan fingerprint density at radius 1 is 1.23 bits per heavy atom. The van der Waals surface area contributed by atoms with E-state index in [1.807, 2.05) is 26.0 Å². The van der Waals surface area contributed by atoms with Gasteiger partial charge in [0.05, 0.1) is 10.7 Å². The predicted molar refractivity (Wildman–Crippen MR) is 105 cm³/mol. The zero-order chi connectivity index (χ0) is 18.7. The Hall–Kier alpha value is -2.18. The molecular weight excluding hydrogens is 350 g/mol. The molecule has 2 aromatic rings. The first-order valence-corrected chi connectivity index (χ1v) is 9.24. The summed E-state index contributed by atoms with van der Waals surface area (Å²) in [6.07, 6.45) is 1.63. The molecule has 1 saturated heterocycles. The van der Waals surface area contributed by atoms with E-state index in [2.05, 4.69) is 32.0 Å². The monoisotopic (exact) mass is 373 g/mol. The maximum atomic E-state index is 12.7. The summed E-state index contributed by atoms with van der Waals surface area (Å²) in [5.74, 6) is 0.315. The highest BCUT2D eigenvalue weighted by molar-refractivity contribution is 6.34. The first-order valence-electron chi connectivity index (χ1n) is 8.86. The number of aryl methyl sites for hydroxylation is 2. The molecule has 2 heterocycles. The number of aromatic nitrogens is 2. The highest BCUT2D eigenvalue weighted by atomic mass is 35.5. The standard InChI is InChI=1S/C19H24ClN5O/c1-4-24-7-9-25(10-8-24)19-21-6-5-16(22-19)18(26)23-17-14(3)11-13(2)12-15(17)20/h5-6,11-12H,4,7-10H2,1-3H3,(H,23,26). The molecule has 0 bridgehead atoms. The average molecular weight is 374 g/mol. The number of nitrogens with one attached hydrogen (secondary N) is 1. The van der Waals surface area contributed by atoms with Gasteiger partial charge in [-0.1, -0.05) is 24.6 Å². The lowest BCUT2D eigenvalue weighted by molar-refractivity contribution is 0.102. The lowest BCUT2D eigenvalue weighted by atomic mass is 10.1. The van der Waals surface area contributed by atoms with Crippen molar-refractivity contribution in [2.75, 3.05) is 42.9 Å². The summed E-state index contributed by atoms with van der Waals surface area (Å²) in [5, 5.41) is 3.41. The number of hydrogen-bond donors (Lipinski definition) is 1. The molecule has 6 nitrogen and oxygen atoms in total. The van der Waals surface area contributed by atoms with Crippen LogP contribution >= 0.6 is 11.6 Å². The van der Waals surface area contributed by atoms with Crippen LogP contribution in [-0.4, -0.2) is 53.5 Å². The Balaban J connectivity index is 1.75. The van der Waals surface area contributed by atoms with Gasteiger partial charge < -0.3 is 15.1 Å². The van der Waals surface area contributed by atoms with Crippen LogP contribution in [0.3, 0.4) is 0 Å². The van der Waals surface area contributed by atoms with Crippen LogP contribution in [0.15, 0.2) is 24.4 Å². The van der Waals surface area contributed by atoms with E-state index in [1.54, 1.807) is 12.3 Å². The minimum Gasteiger partial charge on any atom is -0.338 e. The molecule has 0 unspecified atom stereocenters. The number of likely N-dealkylation sites (N-methyl/N-ethyl adjacent to an activating group) is 1. The molecular formula is C19H24ClN5O. The fourth-order valence-corrected chi connectivity index (χ4v) is 3.51. The van der Waals surface area contributed by atoms with Gasteiger partial charge >= 0.3 is 0 Å². The summed E-state index contributed by atoms with van der Waals surface area (Å²) >= 11 is 6.29. The van der Waals surface area contributed by atoms with Gasteiger partial charge in [0.2, 0.25) is 5.95 Å². The van der Waals surface area contributed by atoms with Crippen molar-refractivity contribution in [1.82, 2.24) is 14.9 Å². The molecule has 1 N–H and O–H groups in total. The zero-order valence-corrected chi connectivity index (χ0v) is 16.2. The second kappa shape index (κ2) is 8.01. The van der Waals surface area contributed by atoms with E-state index in [1.165, 1.54) is 0 Å². The Labute approximate surface area is 159 Å². The first-order chi connectivity index (χ1) is 12.5. The van der Waals surface area contributed by atoms with Crippen LogP contribution in [0.5, 0.6) is 0 Å². The van der Waals surface area contributed by atoms with E-state index in [0.717, 1.165) is 43.9 Å². The Kier molecular flexibility index (Phi) is 5.74. The van der Waals surface area contributed by atoms with E-state index < -0.39 is 0 Å². The minimum atomic E-state index is -0.283. The molecule has 0 radical (unpaired) electrons. The van der Waals surface area contributed by atoms with Crippen molar-refractivity contribution in [1.29, 1.82) is 0 Å². The van der Waals surface area contributed by atoms with Gasteiger partial charge in [0, 0.05) is 32.4 Å². The summed E-state index contributed by atoms with van der Waals surface area (Å²) in [7, 11) is 0. The number of hydrogen-bond acceptors (Lipinski definition) is 5. The normalized spacial score (nSPS) is 15.2. The van der Waals surface area contributed by atoms with E-state index >= 15 is 0 Å². The van der Waals surface area contributed by atoms with E-state index in [-0.39, 0.29) is 5.91 Å². The number of nitrogens with zero attached hydrogens (tertiary/aromatic N) is 4. The number of carbonyl (C=O) groups excluding carboxylic acids is 1. The van der Waals surface area contributed by atoms with Crippen molar-refractivity contribution in [3.05, 3.63) is 46.2 Å². The molecule has 0 spiro atoms. The predicted octanol–water partition coefficient (Wildman–Crippen LogP) is 3.14. The summed E-state index contributed by atoms with van der Waals surface area (Å²) in [4.78, 5) is 26.0. The largest absolute Gasteiger partial charge is 0.338 e. The van der Waals surface area contributed by atoms with Gasteiger partial charge in [0.15, 0.2) is 0 Å². The number of amides is 1. The fourth-order valence-electron chi connectivity index (χ4n) is 3.14. The van der Waals surface area contributed by atoms with Crippen LogP contribution < -0.4 is 10.2 Å². The molecule has 1 aromatic heterocycles. The van der Waals surface area contributed by atoms with Gasteiger partial charge in [0.25, 0.3) is 5.91 Å². The molecule has 0 atom stereocenters.